The standard InChI is InChI=1S/C7H15NO3/c1-3-6(5-11-2)8-4-7(9)10/h6,8H,3-5H2,1-2H3,(H,9,10). The Morgan fingerprint density at radius 2 is 2.36 bits per heavy atom. The number of aliphatic carboxylic acids is 1. The molecule has 0 spiro atoms. The van der Waals surface area contributed by atoms with Crippen LogP contribution in [0.15, 0.2) is 0 Å². The fraction of sp³-hybridized carbons (Fsp3) is 0.857. The fourth-order valence-corrected chi connectivity index (χ4v) is 0.754. The van der Waals surface area contributed by atoms with Crippen molar-refractivity contribution >= 4 is 5.97 Å². The highest BCUT2D eigenvalue weighted by Gasteiger charge is 2.05. The van der Waals surface area contributed by atoms with Crippen LogP contribution in [-0.4, -0.2) is 37.4 Å². The SMILES string of the molecule is CCC(COC)NCC(=O)O. The second-order valence-electron chi connectivity index (χ2n) is 2.34. The number of methoxy groups -OCH3 is 1. The van der Waals surface area contributed by atoms with Gasteiger partial charge in [0.25, 0.3) is 0 Å². The van der Waals surface area contributed by atoms with Crippen molar-refractivity contribution in [2.75, 3.05) is 20.3 Å². The summed E-state index contributed by atoms with van der Waals surface area (Å²) >= 11 is 0. The first-order chi connectivity index (χ1) is 5.20. The van der Waals surface area contributed by atoms with Crippen LogP contribution in [0.25, 0.3) is 0 Å². The van der Waals surface area contributed by atoms with Gasteiger partial charge < -0.3 is 15.2 Å². The Balaban J connectivity index is 3.43. The number of carbonyl (C=O) groups is 1. The first-order valence-corrected chi connectivity index (χ1v) is 3.64. The van der Waals surface area contributed by atoms with Crippen LogP contribution in [0.2, 0.25) is 0 Å². The van der Waals surface area contributed by atoms with Gasteiger partial charge in [-0.15, -0.1) is 0 Å². The van der Waals surface area contributed by atoms with E-state index in [0.717, 1.165) is 6.42 Å². The third-order valence-corrected chi connectivity index (χ3v) is 1.40. The lowest BCUT2D eigenvalue weighted by Gasteiger charge is -2.13. The molecule has 0 radical (unpaired) electrons. The predicted molar refractivity (Wildman–Crippen MR) is 41.6 cm³/mol. The maximum absolute atomic E-state index is 10.1. The Morgan fingerprint density at radius 3 is 2.73 bits per heavy atom. The normalized spacial score (nSPS) is 12.9. The quantitative estimate of drug-likeness (QED) is 0.579. The van der Waals surface area contributed by atoms with Crippen LogP contribution in [0.3, 0.4) is 0 Å². The number of nitrogens with one attached hydrogen (secondary N) is 1. The molecule has 0 aliphatic heterocycles. The van der Waals surface area contributed by atoms with E-state index in [1.165, 1.54) is 0 Å². The minimum Gasteiger partial charge on any atom is -0.480 e. The van der Waals surface area contributed by atoms with Gasteiger partial charge in [-0.2, -0.15) is 0 Å². The fourth-order valence-electron chi connectivity index (χ4n) is 0.754. The van der Waals surface area contributed by atoms with Crippen molar-refractivity contribution in [3.05, 3.63) is 0 Å². The summed E-state index contributed by atoms with van der Waals surface area (Å²) in [6.07, 6.45) is 0.876. The van der Waals surface area contributed by atoms with Gasteiger partial charge in [-0.05, 0) is 6.42 Å². The molecule has 1 atom stereocenters. The van der Waals surface area contributed by atoms with Crippen molar-refractivity contribution in [3.63, 3.8) is 0 Å². The average Bonchev–Trinajstić information content (AvgIpc) is 1.97. The first kappa shape index (κ1) is 10.4. The summed E-state index contributed by atoms with van der Waals surface area (Å²) < 4.78 is 4.87. The lowest BCUT2D eigenvalue weighted by atomic mass is 10.2. The van der Waals surface area contributed by atoms with Crippen molar-refractivity contribution < 1.29 is 14.6 Å². The second-order valence-corrected chi connectivity index (χ2v) is 2.34. The van der Waals surface area contributed by atoms with Gasteiger partial charge in [0.2, 0.25) is 0 Å². The van der Waals surface area contributed by atoms with E-state index >= 15 is 0 Å². The van der Waals surface area contributed by atoms with Gasteiger partial charge >= 0.3 is 5.97 Å². The molecular formula is C7H15NO3. The number of carboxylic acid groups (broad SMARTS) is 1. The van der Waals surface area contributed by atoms with E-state index in [1.807, 2.05) is 6.92 Å². The van der Waals surface area contributed by atoms with Crippen molar-refractivity contribution in [1.29, 1.82) is 0 Å². The molecular weight excluding hydrogens is 146 g/mol. The van der Waals surface area contributed by atoms with Gasteiger partial charge in [0, 0.05) is 13.2 Å². The third kappa shape index (κ3) is 5.82. The van der Waals surface area contributed by atoms with E-state index < -0.39 is 5.97 Å². The lowest BCUT2D eigenvalue weighted by molar-refractivity contribution is -0.136. The minimum absolute atomic E-state index is 0.00185. The summed E-state index contributed by atoms with van der Waals surface area (Å²) in [6.45, 7) is 2.55. The molecule has 0 aliphatic rings. The van der Waals surface area contributed by atoms with E-state index in [0.29, 0.717) is 6.61 Å². The maximum atomic E-state index is 10.1. The topological polar surface area (TPSA) is 58.6 Å². The summed E-state index contributed by atoms with van der Waals surface area (Å²) in [5, 5.41) is 11.2. The molecule has 0 saturated carbocycles. The van der Waals surface area contributed by atoms with Crippen LogP contribution in [0, 0.1) is 0 Å². The van der Waals surface area contributed by atoms with Gasteiger partial charge in [-0.1, -0.05) is 6.92 Å². The molecule has 4 heteroatoms. The highest BCUT2D eigenvalue weighted by Crippen LogP contribution is 1.89. The number of ether oxygens (including phenoxy) is 1. The van der Waals surface area contributed by atoms with E-state index in [2.05, 4.69) is 5.32 Å². The van der Waals surface area contributed by atoms with Gasteiger partial charge in [-0.25, -0.2) is 0 Å². The van der Waals surface area contributed by atoms with Crippen LogP contribution >= 0.6 is 0 Å². The first-order valence-electron chi connectivity index (χ1n) is 3.64. The van der Waals surface area contributed by atoms with Gasteiger partial charge in [-0.3, -0.25) is 4.79 Å². The zero-order valence-corrected chi connectivity index (χ0v) is 6.96. The molecule has 0 aliphatic carbocycles. The Morgan fingerprint density at radius 1 is 1.73 bits per heavy atom. The van der Waals surface area contributed by atoms with Crippen LogP contribution < -0.4 is 5.32 Å². The zero-order valence-electron chi connectivity index (χ0n) is 6.96. The summed E-state index contributed by atoms with van der Waals surface area (Å²) in [7, 11) is 1.60. The molecule has 0 heterocycles. The van der Waals surface area contributed by atoms with E-state index in [9.17, 15) is 4.79 Å². The second kappa shape index (κ2) is 6.12. The largest absolute Gasteiger partial charge is 0.480 e. The number of rotatable bonds is 6. The summed E-state index contributed by atoms with van der Waals surface area (Å²) in [5.41, 5.74) is 0. The van der Waals surface area contributed by atoms with E-state index in [-0.39, 0.29) is 12.6 Å². The number of hydrogen-bond donors (Lipinski definition) is 2. The molecule has 66 valence electrons. The van der Waals surface area contributed by atoms with Crippen LogP contribution in [0.4, 0.5) is 0 Å². The van der Waals surface area contributed by atoms with Gasteiger partial charge in [0.15, 0.2) is 0 Å². The Kier molecular flexibility index (Phi) is 5.78. The Bertz CT molecular complexity index is 116. The molecule has 0 aromatic rings. The van der Waals surface area contributed by atoms with Gasteiger partial charge in [0.1, 0.15) is 0 Å². The highest BCUT2D eigenvalue weighted by molar-refractivity contribution is 5.69. The maximum Gasteiger partial charge on any atom is 0.317 e. The predicted octanol–water partition coefficient (Wildman–Crippen LogP) is 0.0856. The van der Waals surface area contributed by atoms with Crippen molar-refractivity contribution in [3.8, 4) is 0 Å². The van der Waals surface area contributed by atoms with Crippen LogP contribution in [0.5, 0.6) is 0 Å². The van der Waals surface area contributed by atoms with E-state index in [1.54, 1.807) is 7.11 Å². The zero-order chi connectivity index (χ0) is 8.69. The molecule has 1 unspecified atom stereocenters. The lowest BCUT2D eigenvalue weighted by Crippen LogP contribution is -2.36. The summed E-state index contributed by atoms with van der Waals surface area (Å²) in [6, 6.07) is 0.149. The number of carboxylic acids is 1. The molecule has 11 heavy (non-hydrogen) atoms. The highest BCUT2D eigenvalue weighted by atomic mass is 16.5. The van der Waals surface area contributed by atoms with E-state index in [4.69, 9.17) is 9.84 Å². The van der Waals surface area contributed by atoms with Gasteiger partial charge in [0.05, 0.1) is 13.2 Å². The molecule has 0 aromatic heterocycles. The van der Waals surface area contributed by atoms with Crippen molar-refractivity contribution in [2.24, 2.45) is 0 Å². The van der Waals surface area contributed by atoms with Crippen LogP contribution in [0.1, 0.15) is 13.3 Å². The molecule has 0 bridgehead atoms. The molecule has 0 amide bonds. The molecule has 0 aromatic carbocycles. The molecule has 0 fully saturated rings. The monoisotopic (exact) mass is 161 g/mol. The van der Waals surface area contributed by atoms with Crippen molar-refractivity contribution in [2.45, 2.75) is 19.4 Å². The Labute approximate surface area is 66.5 Å². The average molecular weight is 161 g/mol. The molecule has 2 N–H and O–H groups in total. The molecule has 0 saturated heterocycles. The summed E-state index contributed by atoms with van der Waals surface area (Å²) in [4.78, 5) is 10.1. The summed E-state index contributed by atoms with van der Waals surface area (Å²) in [5.74, 6) is -0.834. The minimum atomic E-state index is -0.834. The third-order valence-electron chi connectivity index (χ3n) is 1.40. The molecule has 0 rings (SSSR count). The Hall–Kier alpha value is -0.610. The van der Waals surface area contributed by atoms with Crippen LogP contribution in [-0.2, 0) is 9.53 Å². The number of hydrogen-bond acceptors (Lipinski definition) is 3. The molecule has 4 nitrogen and oxygen atoms in total. The van der Waals surface area contributed by atoms with Crippen molar-refractivity contribution in [1.82, 2.24) is 5.32 Å². The smallest absolute Gasteiger partial charge is 0.317 e.